The molecule has 2 N–H and O–H groups in total. The Labute approximate surface area is 172 Å². The number of esters is 2. The van der Waals surface area contributed by atoms with Gasteiger partial charge in [-0.25, -0.2) is 9.59 Å². The van der Waals surface area contributed by atoms with E-state index in [1.165, 1.54) is 0 Å². The van der Waals surface area contributed by atoms with Crippen LogP contribution in [0.25, 0.3) is 11.1 Å². The van der Waals surface area contributed by atoms with Gasteiger partial charge in [-0.2, -0.15) is 5.26 Å². The molecule has 0 aliphatic rings. The molecule has 0 aliphatic heterocycles. The monoisotopic (exact) mass is 406 g/mol. The highest BCUT2D eigenvalue weighted by atomic mass is 32.1. The van der Waals surface area contributed by atoms with E-state index >= 15 is 0 Å². The minimum Gasteiger partial charge on any atom is -0.462 e. The van der Waals surface area contributed by atoms with E-state index in [1.54, 1.807) is 19.1 Å². The van der Waals surface area contributed by atoms with Crippen molar-refractivity contribution in [1.82, 2.24) is 0 Å². The Bertz CT molecular complexity index is 1070. The summed E-state index contributed by atoms with van der Waals surface area (Å²) in [7, 11) is 0. The van der Waals surface area contributed by atoms with Crippen molar-refractivity contribution in [3.63, 3.8) is 0 Å². The van der Waals surface area contributed by atoms with Gasteiger partial charge in [-0.05, 0) is 30.2 Å². The number of thiophene rings is 1. The number of nitrogen functional groups attached to an aromatic ring is 1. The number of rotatable bonds is 6. The highest BCUT2D eigenvalue weighted by Crippen LogP contribution is 2.32. The summed E-state index contributed by atoms with van der Waals surface area (Å²) in [5, 5.41) is 9.52. The molecular formula is C22H18N2O4S. The normalized spacial score (nSPS) is 10.2. The molecule has 29 heavy (non-hydrogen) atoms. The van der Waals surface area contributed by atoms with Crippen LogP contribution in [0.4, 0.5) is 5.00 Å². The zero-order chi connectivity index (χ0) is 20.8. The van der Waals surface area contributed by atoms with E-state index < -0.39 is 11.9 Å². The number of nitrogens with two attached hydrogens (primary N) is 1. The van der Waals surface area contributed by atoms with Crippen molar-refractivity contribution >= 4 is 28.3 Å². The van der Waals surface area contributed by atoms with Crippen LogP contribution in [-0.2, 0) is 16.1 Å². The van der Waals surface area contributed by atoms with Crippen molar-refractivity contribution in [1.29, 1.82) is 5.26 Å². The molecule has 0 fully saturated rings. The molecule has 0 radical (unpaired) electrons. The van der Waals surface area contributed by atoms with Crippen molar-refractivity contribution in [2.45, 2.75) is 13.5 Å². The molecule has 0 aliphatic carbocycles. The van der Waals surface area contributed by atoms with E-state index in [0.29, 0.717) is 5.56 Å². The Kier molecular flexibility index (Phi) is 6.27. The molecule has 2 aromatic carbocycles. The second-order valence-corrected chi connectivity index (χ2v) is 7.05. The van der Waals surface area contributed by atoms with Gasteiger partial charge in [-0.1, -0.05) is 42.5 Å². The van der Waals surface area contributed by atoms with E-state index in [-0.39, 0.29) is 34.2 Å². The zero-order valence-electron chi connectivity index (χ0n) is 15.7. The average molecular weight is 406 g/mol. The summed E-state index contributed by atoms with van der Waals surface area (Å²) < 4.78 is 10.3. The second kappa shape index (κ2) is 9.04. The molecule has 1 aromatic heterocycles. The Morgan fingerprint density at radius 1 is 1.00 bits per heavy atom. The first-order chi connectivity index (χ1) is 14.0. The van der Waals surface area contributed by atoms with E-state index in [0.717, 1.165) is 22.5 Å². The van der Waals surface area contributed by atoms with Crippen LogP contribution >= 0.6 is 11.3 Å². The number of benzene rings is 2. The van der Waals surface area contributed by atoms with Crippen molar-refractivity contribution in [3.05, 3.63) is 76.2 Å². The SMILES string of the molecule is CCOC(=O)c1sc(N)c(C#N)c1COC(=O)c1ccc(-c2ccccc2)cc1. The minimum absolute atomic E-state index is 0.130. The average Bonchev–Trinajstić information content (AvgIpc) is 3.08. The number of nitrogens with zero attached hydrogens (tertiary/aromatic N) is 1. The summed E-state index contributed by atoms with van der Waals surface area (Å²) in [5.41, 5.74) is 8.60. The Balaban J connectivity index is 1.76. The van der Waals surface area contributed by atoms with Crippen LogP contribution in [-0.4, -0.2) is 18.5 Å². The third kappa shape index (κ3) is 4.45. The Morgan fingerprint density at radius 2 is 1.66 bits per heavy atom. The predicted octanol–water partition coefficient (Wildman–Crippen LogP) is 4.40. The molecule has 3 rings (SSSR count). The minimum atomic E-state index is -0.594. The molecule has 146 valence electrons. The lowest BCUT2D eigenvalue weighted by molar-refractivity contribution is 0.0452. The lowest BCUT2D eigenvalue weighted by atomic mass is 10.0. The van der Waals surface area contributed by atoms with Gasteiger partial charge >= 0.3 is 11.9 Å². The van der Waals surface area contributed by atoms with Gasteiger partial charge in [0.05, 0.1) is 17.7 Å². The lowest BCUT2D eigenvalue weighted by Crippen LogP contribution is -2.10. The molecule has 0 spiro atoms. The molecule has 1 heterocycles. The van der Waals surface area contributed by atoms with Crippen molar-refractivity contribution < 1.29 is 19.1 Å². The molecule has 0 amide bonds. The number of hydrogen-bond acceptors (Lipinski definition) is 7. The fraction of sp³-hybridized carbons (Fsp3) is 0.136. The van der Waals surface area contributed by atoms with Crippen LogP contribution in [0.5, 0.6) is 0 Å². The summed E-state index contributed by atoms with van der Waals surface area (Å²) in [4.78, 5) is 24.7. The number of carbonyl (C=O) groups is 2. The van der Waals surface area contributed by atoms with Crippen LogP contribution in [0, 0.1) is 11.3 Å². The molecular weight excluding hydrogens is 388 g/mol. The van der Waals surface area contributed by atoms with Crippen molar-refractivity contribution in [2.24, 2.45) is 0 Å². The van der Waals surface area contributed by atoms with Gasteiger partial charge in [0, 0.05) is 5.56 Å². The molecule has 0 saturated heterocycles. The summed E-state index contributed by atoms with van der Waals surface area (Å²) in [6.45, 7) is 1.62. The first-order valence-corrected chi connectivity index (χ1v) is 9.67. The quantitative estimate of drug-likeness (QED) is 0.609. The fourth-order valence-electron chi connectivity index (χ4n) is 2.76. The summed E-state index contributed by atoms with van der Waals surface area (Å²) in [6, 6.07) is 18.7. The molecule has 3 aromatic rings. The topological polar surface area (TPSA) is 102 Å². The van der Waals surface area contributed by atoms with Gasteiger partial charge < -0.3 is 15.2 Å². The van der Waals surface area contributed by atoms with Gasteiger partial charge in [-0.15, -0.1) is 11.3 Å². The largest absolute Gasteiger partial charge is 0.462 e. The summed E-state index contributed by atoms with van der Waals surface area (Å²) in [5.74, 6) is -1.16. The number of nitriles is 1. The zero-order valence-corrected chi connectivity index (χ0v) is 16.5. The van der Waals surface area contributed by atoms with E-state index in [1.807, 2.05) is 48.5 Å². The maximum atomic E-state index is 12.4. The Hall–Kier alpha value is -3.63. The van der Waals surface area contributed by atoms with E-state index in [9.17, 15) is 14.9 Å². The smallest absolute Gasteiger partial charge is 0.348 e. The molecule has 0 bridgehead atoms. The molecule has 0 atom stereocenters. The number of carbonyl (C=O) groups excluding carboxylic acids is 2. The molecule has 6 nitrogen and oxygen atoms in total. The number of anilines is 1. The highest BCUT2D eigenvalue weighted by Gasteiger charge is 2.24. The fourth-order valence-corrected chi connectivity index (χ4v) is 3.67. The predicted molar refractivity (Wildman–Crippen MR) is 110 cm³/mol. The summed E-state index contributed by atoms with van der Waals surface area (Å²) >= 11 is 0.950. The van der Waals surface area contributed by atoms with Crippen LogP contribution < -0.4 is 5.73 Å². The highest BCUT2D eigenvalue weighted by molar-refractivity contribution is 7.18. The Morgan fingerprint density at radius 3 is 2.28 bits per heavy atom. The molecule has 0 unspecified atom stereocenters. The summed E-state index contributed by atoms with van der Waals surface area (Å²) in [6.07, 6.45) is 0. The third-order valence-electron chi connectivity index (χ3n) is 4.18. The first-order valence-electron chi connectivity index (χ1n) is 8.86. The van der Waals surface area contributed by atoms with E-state index in [4.69, 9.17) is 15.2 Å². The third-order valence-corrected chi connectivity index (χ3v) is 5.22. The van der Waals surface area contributed by atoms with Gasteiger partial charge in [0.2, 0.25) is 0 Å². The maximum Gasteiger partial charge on any atom is 0.348 e. The van der Waals surface area contributed by atoms with Crippen molar-refractivity contribution in [2.75, 3.05) is 12.3 Å². The maximum absolute atomic E-state index is 12.4. The lowest BCUT2D eigenvalue weighted by Gasteiger charge is -2.08. The van der Waals surface area contributed by atoms with Gasteiger partial charge in [0.1, 0.15) is 22.6 Å². The van der Waals surface area contributed by atoms with Gasteiger partial charge in [-0.3, -0.25) is 0 Å². The van der Waals surface area contributed by atoms with E-state index in [2.05, 4.69) is 0 Å². The first kappa shape index (κ1) is 20.1. The van der Waals surface area contributed by atoms with Crippen LogP contribution in [0.3, 0.4) is 0 Å². The van der Waals surface area contributed by atoms with Crippen molar-refractivity contribution in [3.8, 4) is 17.2 Å². The molecule has 0 saturated carbocycles. The van der Waals surface area contributed by atoms with Crippen LogP contribution in [0.2, 0.25) is 0 Å². The van der Waals surface area contributed by atoms with Crippen LogP contribution in [0.1, 0.15) is 38.1 Å². The standard InChI is InChI=1S/C22H18N2O4S/c1-2-27-22(26)19-18(17(12-23)20(24)29-19)13-28-21(25)16-10-8-15(9-11-16)14-6-4-3-5-7-14/h3-11H,2,13,24H2,1H3. The van der Waals surface area contributed by atoms with Gasteiger partial charge in [0.15, 0.2) is 0 Å². The second-order valence-electron chi connectivity index (χ2n) is 6.00. The van der Waals surface area contributed by atoms with Gasteiger partial charge in [0.25, 0.3) is 0 Å². The number of hydrogen-bond donors (Lipinski definition) is 1. The number of ether oxygens (including phenoxy) is 2. The molecule has 7 heteroatoms. The van der Waals surface area contributed by atoms with Crippen LogP contribution in [0.15, 0.2) is 54.6 Å².